The molecule has 0 aliphatic rings. The topological polar surface area (TPSA) is 89.5 Å². The number of hydrogen-bond acceptors (Lipinski definition) is 4. The average molecular weight is 283 g/mol. The van der Waals surface area contributed by atoms with Gasteiger partial charge in [-0.1, -0.05) is 20.8 Å². The third-order valence-corrected chi connectivity index (χ3v) is 3.21. The Morgan fingerprint density at radius 1 is 1.45 bits per heavy atom. The summed E-state index contributed by atoms with van der Waals surface area (Å²) in [6.45, 7) is 5.84. The van der Waals surface area contributed by atoms with Crippen LogP contribution in [0.1, 0.15) is 37.0 Å². The van der Waals surface area contributed by atoms with E-state index in [2.05, 4.69) is 24.0 Å². The van der Waals surface area contributed by atoms with Gasteiger partial charge in [-0.05, 0) is 18.4 Å². The molecule has 0 aromatic carbocycles. The van der Waals surface area contributed by atoms with E-state index >= 15 is 0 Å². The van der Waals surface area contributed by atoms with Crippen LogP contribution in [-0.4, -0.2) is 58.0 Å². The van der Waals surface area contributed by atoms with E-state index in [4.69, 9.17) is 0 Å². The minimum absolute atomic E-state index is 0.180. The van der Waals surface area contributed by atoms with Crippen LogP contribution < -0.4 is 0 Å². The number of aromatic amines is 1. The Bertz CT molecular complexity index is 439. The average Bonchev–Trinajstić information content (AvgIpc) is 2.85. The largest absolute Gasteiger partial charge is 0.396 e. The molecule has 0 spiro atoms. The normalized spacial score (nSPS) is 11.9. The number of carbonyl (C=O) groups is 1. The Morgan fingerprint density at radius 3 is 2.55 bits per heavy atom. The molecule has 0 unspecified atom stereocenters. The maximum Gasteiger partial charge on any atom is 0.274 e. The van der Waals surface area contributed by atoms with Crippen molar-refractivity contribution in [2.24, 2.45) is 11.3 Å². The first-order valence-corrected chi connectivity index (χ1v) is 6.83. The molecule has 0 aliphatic heterocycles. The van der Waals surface area contributed by atoms with Crippen LogP contribution in [0.4, 0.5) is 0 Å². The smallest absolute Gasteiger partial charge is 0.274 e. The van der Waals surface area contributed by atoms with Crippen LogP contribution in [0.5, 0.6) is 0 Å². The molecule has 1 aromatic rings. The number of hydrogen-bond donors (Lipinski definition) is 3. The summed E-state index contributed by atoms with van der Waals surface area (Å²) >= 11 is 0. The minimum atomic E-state index is -0.707. The Hall–Kier alpha value is -1.40. The van der Waals surface area contributed by atoms with Crippen LogP contribution in [0.15, 0.2) is 6.07 Å². The van der Waals surface area contributed by atoms with E-state index < -0.39 is 5.41 Å². The summed E-state index contributed by atoms with van der Waals surface area (Å²) in [5, 5.41) is 25.4. The second-order valence-corrected chi connectivity index (χ2v) is 6.16. The monoisotopic (exact) mass is 283 g/mol. The van der Waals surface area contributed by atoms with Crippen molar-refractivity contribution in [2.75, 3.05) is 26.8 Å². The molecule has 1 rings (SSSR count). The third kappa shape index (κ3) is 4.31. The van der Waals surface area contributed by atoms with Gasteiger partial charge in [0.2, 0.25) is 0 Å². The van der Waals surface area contributed by atoms with Gasteiger partial charge in [0, 0.05) is 24.7 Å². The predicted octanol–water partition coefficient (Wildman–Crippen LogP) is 0.671. The molecule has 1 aromatic heterocycles. The highest BCUT2D eigenvalue weighted by atomic mass is 16.3. The number of aliphatic hydroxyl groups excluding tert-OH is 2. The lowest BCUT2D eigenvalue weighted by Crippen LogP contribution is -2.41. The van der Waals surface area contributed by atoms with Crippen LogP contribution in [0.3, 0.4) is 0 Å². The van der Waals surface area contributed by atoms with Gasteiger partial charge in [0.25, 0.3) is 5.91 Å². The van der Waals surface area contributed by atoms with Crippen LogP contribution in [0.25, 0.3) is 0 Å². The molecule has 0 bridgehead atoms. The number of nitrogens with one attached hydrogen (secondary N) is 1. The van der Waals surface area contributed by atoms with Gasteiger partial charge in [0.15, 0.2) is 0 Å². The lowest BCUT2D eigenvalue weighted by molar-refractivity contribution is 0.0363. The first kappa shape index (κ1) is 16.7. The molecule has 1 amide bonds. The molecule has 0 aliphatic carbocycles. The zero-order valence-electron chi connectivity index (χ0n) is 12.7. The predicted molar refractivity (Wildman–Crippen MR) is 76.4 cm³/mol. The van der Waals surface area contributed by atoms with E-state index in [0.717, 1.165) is 12.1 Å². The van der Waals surface area contributed by atoms with Gasteiger partial charge in [-0.15, -0.1) is 0 Å². The molecule has 20 heavy (non-hydrogen) atoms. The van der Waals surface area contributed by atoms with Gasteiger partial charge in [0.05, 0.1) is 13.2 Å². The first-order valence-electron chi connectivity index (χ1n) is 6.83. The Kier molecular flexibility index (Phi) is 5.71. The first-order chi connectivity index (χ1) is 9.31. The minimum Gasteiger partial charge on any atom is -0.396 e. The highest BCUT2D eigenvalue weighted by molar-refractivity contribution is 5.92. The summed E-state index contributed by atoms with van der Waals surface area (Å²) in [5.41, 5.74) is 0.590. The number of rotatable bonds is 7. The van der Waals surface area contributed by atoms with Crippen LogP contribution in [-0.2, 0) is 6.42 Å². The summed E-state index contributed by atoms with van der Waals surface area (Å²) in [5.74, 6) is 0.271. The summed E-state index contributed by atoms with van der Waals surface area (Å²) in [6, 6.07) is 1.76. The Balaban J connectivity index is 2.71. The van der Waals surface area contributed by atoms with E-state index in [1.54, 1.807) is 20.0 Å². The van der Waals surface area contributed by atoms with Crippen molar-refractivity contribution in [3.8, 4) is 0 Å². The molecule has 0 fully saturated rings. The fourth-order valence-corrected chi connectivity index (χ4v) is 2.01. The number of amides is 1. The Labute approximate surface area is 119 Å². The van der Waals surface area contributed by atoms with Gasteiger partial charge in [-0.25, -0.2) is 0 Å². The van der Waals surface area contributed by atoms with Crippen LogP contribution in [0, 0.1) is 11.3 Å². The number of nitrogens with zero attached hydrogens (tertiary/aromatic N) is 2. The lowest BCUT2D eigenvalue weighted by Gasteiger charge is -2.29. The highest BCUT2D eigenvalue weighted by Gasteiger charge is 2.27. The van der Waals surface area contributed by atoms with E-state index in [9.17, 15) is 15.0 Å². The number of carbonyl (C=O) groups excluding carboxylic acids is 1. The SMILES string of the molecule is CC(C)Cc1cc(C(=O)N(C)CC(C)(CO)CO)n[nH]1. The Morgan fingerprint density at radius 2 is 2.05 bits per heavy atom. The second kappa shape index (κ2) is 6.85. The molecular weight excluding hydrogens is 258 g/mol. The molecule has 1 heterocycles. The van der Waals surface area contributed by atoms with E-state index in [-0.39, 0.29) is 25.7 Å². The van der Waals surface area contributed by atoms with Crippen LogP contribution in [0.2, 0.25) is 0 Å². The molecule has 0 saturated carbocycles. The summed E-state index contributed by atoms with van der Waals surface area (Å²) < 4.78 is 0. The maximum absolute atomic E-state index is 12.2. The van der Waals surface area contributed by atoms with Crippen molar-refractivity contribution in [2.45, 2.75) is 27.2 Å². The number of H-pyrrole nitrogens is 1. The van der Waals surface area contributed by atoms with E-state index in [1.165, 1.54) is 4.90 Å². The maximum atomic E-state index is 12.2. The second-order valence-electron chi connectivity index (χ2n) is 6.16. The van der Waals surface area contributed by atoms with E-state index in [0.29, 0.717) is 11.6 Å². The quantitative estimate of drug-likeness (QED) is 0.686. The van der Waals surface area contributed by atoms with Crippen molar-refractivity contribution in [3.63, 3.8) is 0 Å². The molecule has 0 saturated heterocycles. The summed E-state index contributed by atoms with van der Waals surface area (Å²) in [4.78, 5) is 13.7. The molecule has 6 nitrogen and oxygen atoms in total. The molecule has 3 N–H and O–H groups in total. The summed E-state index contributed by atoms with van der Waals surface area (Å²) in [6.07, 6.45) is 0.842. The number of aromatic nitrogens is 2. The van der Waals surface area contributed by atoms with E-state index in [1.807, 2.05) is 0 Å². The van der Waals surface area contributed by atoms with Crippen molar-refractivity contribution in [1.82, 2.24) is 15.1 Å². The lowest BCUT2D eigenvalue weighted by atomic mass is 9.92. The molecule has 0 atom stereocenters. The fraction of sp³-hybridized carbons (Fsp3) is 0.714. The van der Waals surface area contributed by atoms with Crippen LogP contribution >= 0.6 is 0 Å². The van der Waals surface area contributed by atoms with Gasteiger partial charge >= 0.3 is 0 Å². The zero-order chi connectivity index (χ0) is 15.3. The van der Waals surface area contributed by atoms with Gasteiger partial charge in [-0.3, -0.25) is 9.89 Å². The summed E-state index contributed by atoms with van der Waals surface area (Å²) in [7, 11) is 1.64. The van der Waals surface area contributed by atoms with Gasteiger partial charge in [-0.2, -0.15) is 5.10 Å². The number of aliphatic hydroxyl groups is 2. The highest BCUT2D eigenvalue weighted by Crippen LogP contribution is 2.17. The van der Waals surface area contributed by atoms with Crippen molar-refractivity contribution in [1.29, 1.82) is 0 Å². The van der Waals surface area contributed by atoms with Crippen molar-refractivity contribution < 1.29 is 15.0 Å². The third-order valence-electron chi connectivity index (χ3n) is 3.21. The zero-order valence-corrected chi connectivity index (χ0v) is 12.7. The molecule has 114 valence electrons. The standard InChI is InChI=1S/C14H25N3O3/c1-10(2)5-11-6-12(16-15-11)13(20)17(4)7-14(3,8-18)9-19/h6,10,18-19H,5,7-9H2,1-4H3,(H,15,16). The van der Waals surface area contributed by atoms with Gasteiger partial charge in [0.1, 0.15) is 5.69 Å². The molecule has 6 heteroatoms. The molecular formula is C14H25N3O3. The fourth-order valence-electron chi connectivity index (χ4n) is 2.01. The van der Waals surface area contributed by atoms with Gasteiger partial charge < -0.3 is 15.1 Å². The molecule has 0 radical (unpaired) electrons. The van der Waals surface area contributed by atoms with Crippen molar-refractivity contribution >= 4 is 5.91 Å². The van der Waals surface area contributed by atoms with Crippen molar-refractivity contribution in [3.05, 3.63) is 17.5 Å².